The zero-order valence-electron chi connectivity index (χ0n) is 14.4. The van der Waals surface area contributed by atoms with Crippen LogP contribution in [0, 0.1) is 12.8 Å². The van der Waals surface area contributed by atoms with Crippen LogP contribution in [-0.4, -0.2) is 46.2 Å². The summed E-state index contributed by atoms with van der Waals surface area (Å²) in [5, 5.41) is 3.41. The number of rotatable bonds is 4. The minimum absolute atomic E-state index is 0.0943. The Bertz CT molecular complexity index is 601. The highest BCUT2D eigenvalue weighted by Gasteiger charge is 2.25. The third-order valence-corrected chi connectivity index (χ3v) is 5.18. The molecule has 3 rings (SSSR count). The molecule has 1 aromatic rings. The molecule has 6 heteroatoms. The van der Waals surface area contributed by atoms with E-state index in [4.69, 9.17) is 0 Å². The molecule has 1 saturated heterocycles. The van der Waals surface area contributed by atoms with E-state index >= 15 is 0 Å². The van der Waals surface area contributed by atoms with Crippen molar-refractivity contribution in [3.05, 3.63) is 17.6 Å². The zero-order chi connectivity index (χ0) is 16.9. The predicted molar refractivity (Wildman–Crippen MR) is 92.0 cm³/mol. The molecular formula is C18H26N4O2. The van der Waals surface area contributed by atoms with Crippen LogP contribution in [0.1, 0.15) is 61.0 Å². The number of nitrogens with one attached hydrogen (secondary N) is 1. The van der Waals surface area contributed by atoms with E-state index in [1.165, 1.54) is 38.4 Å². The van der Waals surface area contributed by atoms with Crippen molar-refractivity contribution in [2.24, 2.45) is 5.92 Å². The van der Waals surface area contributed by atoms with E-state index in [0.29, 0.717) is 37.5 Å². The maximum Gasteiger partial charge on any atom is 0.272 e. The number of hydrogen-bond donors (Lipinski definition) is 1. The summed E-state index contributed by atoms with van der Waals surface area (Å²) in [7, 11) is 0. The summed E-state index contributed by atoms with van der Waals surface area (Å²) < 4.78 is 0. The molecule has 1 aliphatic carbocycles. The summed E-state index contributed by atoms with van der Waals surface area (Å²) in [5.41, 5.74) is 1.25. The van der Waals surface area contributed by atoms with E-state index in [0.717, 1.165) is 17.9 Å². The van der Waals surface area contributed by atoms with Gasteiger partial charge in [0.25, 0.3) is 5.91 Å². The van der Waals surface area contributed by atoms with E-state index in [2.05, 4.69) is 15.3 Å². The van der Waals surface area contributed by atoms with Crippen LogP contribution in [0.25, 0.3) is 0 Å². The van der Waals surface area contributed by atoms with Gasteiger partial charge in [-0.05, 0) is 25.7 Å². The second-order valence-electron chi connectivity index (χ2n) is 6.91. The van der Waals surface area contributed by atoms with Gasteiger partial charge in [-0.2, -0.15) is 0 Å². The first kappa shape index (κ1) is 16.9. The lowest BCUT2D eigenvalue weighted by Gasteiger charge is -2.26. The van der Waals surface area contributed by atoms with Crippen molar-refractivity contribution >= 4 is 17.5 Å². The van der Waals surface area contributed by atoms with E-state index in [-0.39, 0.29) is 11.7 Å². The summed E-state index contributed by atoms with van der Waals surface area (Å²) in [6.07, 6.45) is 8.86. The molecule has 0 bridgehead atoms. The van der Waals surface area contributed by atoms with Crippen molar-refractivity contribution < 1.29 is 9.59 Å². The summed E-state index contributed by atoms with van der Waals surface area (Å²) in [6, 6.07) is 0. The van der Waals surface area contributed by atoms with Crippen LogP contribution in [0.2, 0.25) is 0 Å². The van der Waals surface area contributed by atoms with E-state index in [1.807, 2.05) is 6.92 Å². The molecule has 24 heavy (non-hydrogen) atoms. The minimum atomic E-state index is -0.0943. The first-order valence-corrected chi connectivity index (χ1v) is 9.01. The summed E-state index contributed by atoms with van der Waals surface area (Å²) >= 11 is 0. The van der Waals surface area contributed by atoms with Gasteiger partial charge in [0.2, 0.25) is 0 Å². The first-order valence-electron chi connectivity index (χ1n) is 9.01. The van der Waals surface area contributed by atoms with Gasteiger partial charge in [-0.1, -0.05) is 19.3 Å². The van der Waals surface area contributed by atoms with Crippen molar-refractivity contribution in [1.82, 2.24) is 14.9 Å². The van der Waals surface area contributed by atoms with Crippen LogP contribution in [-0.2, 0) is 4.79 Å². The molecule has 0 radical (unpaired) electrons. The Morgan fingerprint density at radius 1 is 1.21 bits per heavy atom. The molecule has 130 valence electrons. The number of hydrogen-bond acceptors (Lipinski definition) is 5. The fourth-order valence-corrected chi connectivity index (χ4v) is 3.59. The lowest BCUT2D eigenvalue weighted by atomic mass is 9.89. The van der Waals surface area contributed by atoms with Crippen LogP contribution >= 0.6 is 0 Å². The van der Waals surface area contributed by atoms with Gasteiger partial charge in [0, 0.05) is 38.0 Å². The Kier molecular flexibility index (Phi) is 5.43. The van der Waals surface area contributed by atoms with Crippen molar-refractivity contribution in [2.45, 2.75) is 51.9 Å². The molecule has 1 saturated carbocycles. The molecule has 1 N–H and O–H groups in total. The number of likely N-dealkylation sites (tertiary alicyclic amines) is 1. The highest BCUT2D eigenvalue weighted by molar-refractivity contribution is 5.95. The third-order valence-electron chi connectivity index (χ3n) is 5.18. The molecule has 1 amide bonds. The van der Waals surface area contributed by atoms with Crippen molar-refractivity contribution in [1.29, 1.82) is 0 Å². The number of nitrogens with zero attached hydrogens (tertiary/aromatic N) is 3. The fourth-order valence-electron chi connectivity index (χ4n) is 3.59. The van der Waals surface area contributed by atoms with Gasteiger partial charge in [0.05, 0.1) is 0 Å². The zero-order valence-corrected chi connectivity index (χ0v) is 14.4. The van der Waals surface area contributed by atoms with Crippen molar-refractivity contribution in [3.8, 4) is 0 Å². The van der Waals surface area contributed by atoms with Crippen LogP contribution in [0.3, 0.4) is 0 Å². The average Bonchev–Trinajstić information content (AvgIpc) is 2.62. The molecule has 2 aliphatic rings. The van der Waals surface area contributed by atoms with E-state index < -0.39 is 0 Å². The summed E-state index contributed by atoms with van der Waals surface area (Å²) in [5.74, 6) is 1.59. The van der Waals surface area contributed by atoms with Crippen LogP contribution in [0.4, 0.5) is 5.82 Å². The van der Waals surface area contributed by atoms with Crippen molar-refractivity contribution in [3.63, 3.8) is 0 Å². The largest absolute Gasteiger partial charge is 0.369 e. The molecule has 0 atom stereocenters. The Labute approximate surface area is 143 Å². The molecule has 0 spiro atoms. The number of ketones is 1. The standard InChI is InChI=1S/C18H26N4O2/c1-13-16(18(24)22-9-7-15(23)8-10-22)20-12-21-17(13)19-11-14-5-3-2-4-6-14/h12,14H,2-11H2,1H3,(H,19,20,21). The van der Waals surface area contributed by atoms with Crippen LogP contribution < -0.4 is 5.32 Å². The molecular weight excluding hydrogens is 304 g/mol. The summed E-state index contributed by atoms with van der Waals surface area (Å²) in [4.78, 5) is 34.3. The molecule has 1 aromatic heterocycles. The highest BCUT2D eigenvalue weighted by Crippen LogP contribution is 2.24. The maximum absolute atomic E-state index is 12.7. The second-order valence-corrected chi connectivity index (χ2v) is 6.91. The molecule has 0 aromatic carbocycles. The van der Waals surface area contributed by atoms with Gasteiger partial charge in [-0.15, -0.1) is 0 Å². The van der Waals surface area contributed by atoms with E-state index in [1.54, 1.807) is 4.90 Å². The summed E-state index contributed by atoms with van der Waals surface area (Å²) in [6.45, 7) is 3.78. The lowest BCUT2D eigenvalue weighted by Crippen LogP contribution is -2.39. The quantitative estimate of drug-likeness (QED) is 0.918. The molecule has 2 fully saturated rings. The van der Waals surface area contributed by atoms with Gasteiger partial charge in [0.15, 0.2) is 0 Å². The second kappa shape index (κ2) is 7.73. The number of amides is 1. The number of carbonyl (C=O) groups excluding carboxylic acids is 2. The predicted octanol–water partition coefficient (Wildman–Crippen LogP) is 2.58. The number of Topliss-reactive ketones (excluding diaryl/α,β-unsaturated/α-hetero) is 1. The van der Waals surface area contributed by atoms with Gasteiger partial charge < -0.3 is 10.2 Å². The average molecular weight is 330 g/mol. The van der Waals surface area contributed by atoms with Gasteiger partial charge >= 0.3 is 0 Å². The monoisotopic (exact) mass is 330 g/mol. The van der Waals surface area contributed by atoms with Crippen LogP contribution in [0.5, 0.6) is 0 Å². The molecule has 0 unspecified atom stereocenters. The fraction of sp³-hybridized carbons (Fsp3) is 0.667. The Morgan fingerprint density at radius 2 is 1.92 bits per heavy atom. The van der Waals surface area contributed by atoms with Crippen molar-refractivity contribution in [2.75, 3.05) is 25.0 Å². The van der Waals surface area contributed by atoms with Crippen LogP contribution in [0.15, 0.2) is 6.33 Å². The third kappa shape index (κ3) is 3.91. The topological polar surface area (TPSA) is 75.2 Å². The lowest BCUT2D eigenvalue weighted by molar-refractivity contribution is -0.120. The van der Waals surface area contributed by atoms with Gasteiger partial charge in [-0.25, -0.2) is 9.97 Å². The van der Waals surface area contributed by atoms with E-state index in [9.17, 15) is 9.59 Å². The number of anilines is 1. The Hall–Kier alpha value is -1.98. The minimum Gasteiger partial charge on any atom is -0.369 e. The highest BCUT2D eigenvalue weighted by atomic mass is 16.2. The molecule has 2 heterocycles. The number of aromatic nitrogens is 2. The molecule has 6 nitrogen and oxygen atoms in total. The Morgan fingerprint density at radius 3 is 2.62 bits per heavy atom. The smallest absolute Gasteiger partial charge is 0.272 e. The van der Waals surface area contributed by atoms with Gasteiger partial charge in [-0.3, -0.25) is 9.59 Å². The Balaban J connectivity index is 1.66. The SMILES string of the molecule is Cc1c(NCC2CCCCC2)ncnc1C(=O)N1CCC(=O)CC1. The number of carbonyl (C=O) groups is 2. The normalized spacial score (nSPS) is 19.4. The maximum atomic E-state index is 12.7. The number of piperidine rings is 1. The van der Waals surface area contributed by atoms with Gasteiger partial charge in [0.1, 0.15) is 23.6 Å². The first-order chi connectivity index (χ1) is 11.6. The molecule has 1 aliphatic heterocycles.